The van der Waals surface area contributed by atoms with Crippen molar-refractivity contribution >= 4 is 23.2 Å². The molecule has 1 aromatic heterocycles. The number of carbonyl (C=O) groups is 2. The normalized spacial score (nSPS) is 12.1. The van der Waals surface area contributed by atoms with Gasteiger partial charge in [-0.25, -0.2) is 4.79 Å². The zero-order valence-corrected chi connectivity index (χ0v) is 15.2. The third-order valence-electron chi connectivity index (χ3n) is 3.90. The molecule has 3 rings (SSSR count). The van der Waals surface area contributed by atoms with Crippen molar-refractivity contribution in [2.45, 2.75) is 26.9 Å². The van der Waals surface area contributed by atoms with Crippen molar-refractivity contribution in [1.82, 2.24) is 5.32 Å². The highest BCUT2D eigenvalue weighted by molar-refractivity contribution is 7.17. The third-order valence-corrected chi connectivity index (χ3v) is 5.09. The van der Waals surface area contributed by atoms with Crippen molar-refractivity contribution in [3.05, 3.63) is 40.8 Å². The highest BCUT2D eigenvalue weighted by atomic mass is 32.1. The molecular formula is C19H21NO4S. The van der Waals surface area contributed by atoms with Gasteiger partial charge in [0.15, 0.2) is 6.61 Å². The van der Waals surface area contributed by atoms with Crippen molar-refractivity contribution in [2.75, 3.05) is 13.2 Å². The van der Waals surface area contributed by atoms with Gasteiger partial charge in [-0.3, -0.25) is 4.79 Å². The fraction of sp³-hybridized carbons (Fsp3) is 0.368. The first-order valence-electron chi connectivity index (χ1n) is 8.33. The summed E-state index contributed by atoms with van der Waals surface area (Å²) in [5, 5.41) is 2.75. The molecular weight excluding hydrogens is 338 g/mol. The summed E-state index contributed by atoms with van der Waals surface area (Å²) < 4.78 is 10.8. The van der Waals surface area contributed by atoms with Crippen LogP contribution in [0, 0.1) is 5.92 Å². The minimum Gasteiger partial charge on any atom is -0.488 e. The molecule has 5 nitrogen and oxygen atoms in total. The largest absolute Gasteiger partial charge is 0.488 e. The Morgan fingerprint density at radius 3 is 2.92 bits per heavy atom. The lowest BCUT2D eigenvalue weighted by Gasteiger charge is -2.16. The third kappa shape index (κ3) is 4.20. The maximum atomic E-state index is 12.2. The number of nitrogens with one attached hydrogen (secondary N) is 1. The first kappa shape index (κ1) is 17.5. The Bertz CT molecular complexity index is 781. The Balaban J connectivity index is 1.60. The molecule has 132 valence electrons. The molecule has 0 aliphatic carbocycles. The SMILES string of the molecule is CC(C)CCNC(=O)COC(=O)c1cc2c(s1)-c1ccccc1OC2. The lowest BCUT2D eigenvalue weighted by molar-refractivity contribution is -0.124. The summed E-state index contributed by atoms with van der Waals surface area (Å²) in [4.78, 5) is 25.5. The standard InChI is InChI=1S/C19H21NO4S/c1-12(2)7-8-20-17(21)11-24-19(22)16-9-13-10-23-15-6-4-3-5-14(15)18(13)25-16/h3-6,9,12H,7-8,10-11H2,1-2H3,(H,20,21). The van der Waals surface area contributed by atoms with E-state index in [1.165, 1.54) is 11.3 Å². The number of fused-ring (bicyclic) bond motifs is 3. The second kappa shape index (κ2) is 7.70. The highest BCUT2D eigenvalue weighted by Gasteiger charge is 2.23. The van der Waals surface area contributed by atoms with E-state index in [4.69, 9.17) is 9.47 Å². The number of esters is 1. The van der Waals surface area contributed by atoms with E-state index in [0.29, 0.717) is 23.9 Å². The number of para-hydroxylation sites is 1. The van der Waals surface area contributed by atoms with E-state index in [-0.39, 0.29) is 12.5 Å². The number of thiophene rings is 1. The Labute approximate surface area is 151 Å². The summed E-state index contributed by atoms with van der Waals surface area (Å²) in [6, 6.07) is 9.54. The molecule has 0 saturated carbocycles. The van der Waals surface area contributed by atoms with Crippen LogP contribution in [-0.2, 0) is 16.1 Å². The summed E-state index contributed by atoms with van der Waals surface area (Å²) in [7, 11) is 0. The molecule has 25 heavy (non-hydrogen) atoms. The van der Waals surface area contributed by atoms with E-state index in [2.05, 4.69) is 19.2 Å². The smallest absolute Gasteiger partial charge is 0.348 e. The summed E-state index contributed by atoms with van der Waals surface area (Å²) in [6.07, 6.45) is 0.900. The van der Waals surface area contributed by atoms with Gasteiger partial charge in [0.05, 0.1) is 0 Å². The second-order valence-corrected chi connectivity index (χ2v) is 7.41. The number of ether oxygens (including phenoxy) is 2. The average Bonchev–Trinajstić information content (AvgIpc) is 3.04. The fourth-order valence-electron chi connectivity index (χ4n) is 2.55. The fourth-order valence-corrected chi connectivity index (χ4v) is 3.64. The van der Waals surface area contributed by atoms with Crippen LogP contribution in [0.5, 0.6) is 5.75 Å². The van der Waals surface area contributed by atoms with Crippen molar-refractivity contribution in [3.8, 4) is 16.2 Å². The average molecular weight is 359 g/mol. The van der Waals surface area contributed by atoms with Crippen molar-refractivity contribution in [1.29, 1.82) is 0 Å². The molecule has 1 aromatic carbocycles. The minimum absolute atomic E-state index is 0.257. The Morgan fingerprint density at radius 2 is 2.12 bits per heavy atom. The molecule has 2 aromatic rings. The van der Waals surface area contributed by atoms with Crippen LogP contribution in [0.2, 0.25) is 0 Å². The molecule has 0 fully saturated rings. The highest BCUT2D eigenvalue weighted by Crippen LogP contribution is 2.42. The van der Waals surface area contributed by atoms with Crippen LogP contribution in [-0.4, -0.2) is 25.0 Å². The van der Waals surface area contributed by atoms with E-state index in [1.807, 2.05) is 24.3 Å². The summed E-state index contributed by atoms with van der Waals surface area (Å²) in [5.41, 5.74) is 1.95. The number of rotatable bonds is 6. The summed E-state index contributed by atoms with van der Waals surface area (Å²) >= 11 is 1.37. The molecule has 0 bridgehead atoms. The maximum absolute atomic E-state index is 12.2. The summed E-state index contributed by atoms with van der Waals surface area (Å²) in [6.45, 7) is 4.95. The molecule has 0 spiro atoms. The van der Waals surface area contributed by atoms with Gasteiger partial charge in [-0.15, -0.1) is 11.3 Å². The molecule has 2 heterocycles. The molecule has 1 aliphatic rings. The van der Waals surface area contributed by atoms with Crippen molar-refractivity contribution in [3.63, 3.8) is 0 Å². The van der Waals surface area contributed by atoms with Gasteiger partial charge in [-0.05, 0) is 30.5 Å². The lowest BCUT2D eigenvalue weighted by Crippen LogP contribution is -2.30. The van der Waals surface area contributed by atoms with Crippen LogP contribution < -0.4 is 10.1 Å². The van der Waals surface area contributed by atoms with Gasteiger partial charge in [0, 0.05) is 22.5 Å². The molecule has 0 radical (unpaired) electrons. The van der Waals surface area contributed by atoms with Crippen molar-refractivity contribution < 1.29 is 19.1 Å². The summed E-state index contributed by atoms with van der Waals surface area (Å²) in [5.74, 6) is 0.589. The molecule has 0 atom stereocenters. The molecule has 1 N–H and O–H groups in total. The Kier molecular flexibility index (Phi) is 5.38. The van der Waals surface area contributed by atoms with Gasteiger partial charge < -0.3 is 14.8 Å². The Morgan fingerprint density at radius 1 is 1.32 bits per heavy atom. The van der Waals surface area contributed by atoms with Crippen LogP contribution in [0.25, 0.3) is 10.4 Å². The first-order valence-corrected chi connectivity index (χ1v) is 9.15. The van der Waals surface area contributed by atoms with E-state index in [9.17, 15) is 9.59 Å². The number of hydrogen-bond acceptors (Lipinski definition) is 5. The lowest BCUT2D eigenvalue weighted by atomic mass is 10.1. The van der Waals surface area contributed by atoms with E-state index < -0.39 is 5.97 Å². The van der Waals surface area contributed by atoms with Gasteiger partial charge in [0.1, 0.15) is 17.2 Å². The predicted molar refractivity (Wildman–Crippen MR) is 96.8 cm³/mol. The number of hydrogen-bond donors (Lipinski definition) is 1. The second-order valence-electron chi connectivity index (χ2n) is 6.36. The minimum atomic E-state index is -0.476. The predicted octanol–water partition coefficient (Wildman–Crippen LogP) is 3.63. The topological polar surface area (TPSA) is 64.6 Å². The van der Waals surface area contributed by atoms with Crippen LogP contribution in [0.4, 0.5) is 0 Å². The molecule has 1 amide bonds. The van der Waals surface area contributed by atoms with Crippen LogP contribution in [0.15, 0.2) is 30.3 Å². The quantitative estimate of drug-likeness (QED) is 0.800. The zero-order chi connectivity index (χ0) is 17.8. The number of amides is 1. The van der Waals surface area contributed by atoms with Crippen LogP contribution in [0.1, 0.15) is 35.5 Å². The van der Waals surface area contributed by atoms with Gasteiger partial charge >= 0.3 is 5.97 Å². The molecule has 1 aliphatic heterocycles. The van der Waals surface area contributed by atoms with Gasteiger partial charge in [-0.2, -0.15) is 0 Å². The van der Waals surface area contributed by atoms with Gasteiger partial charge in [0.2, 0.25) is 0 Å². The van der Waals surface area contributed by atoms with Crippen LogP contribution in [0.3, 0.4) is 0 Å². The Hall–Kier alpha value is -2.34. The van der Waals surface area contributed by atoms with Gasteiger partial charge in [0.25, 0.3) is 5.91 Å². The van der Waals surface area contributed by atoms with E-state index in [1.54, 1.807) is 6.07 Å². The number of benzene rings is 1. The van der Waals surface area contributed by atoms with Crippen LogP contribution >= 0.6 is 11.3 Å². The van der Waals surface area contributed by atoms with E-state index in [0.717, 1.165) is 28.2 Å². The maximum Gasteiger partial charge on any atom is 0.348 e. The zero-order valence-electron chi connectivity index (χ0n) is 14.3. The molecule has 0 saturated heterocycles. The molecule has 0 unspecified atom stereocenters. The molecule has 6 heteroatoms. The van der Waals surface area contributed by atoms with Gasteiger partial charge in [-0.1, -0.05) is 26.0 Å². The number of carbonyl (C=O) groups excluding carboxylic acids is 2. The monoisotopic (exact) mass is 359 g/mol. The van der Waals surface area contributed by atoms with E-state index >= 15 is 0 Å². The first-order chi connectivity index (χ1) is 12.0. The van der Waals surface area contributed by atoms with Crippen molar-refractivity contribution in [2.24, 2.45) is 5.92 Å².